The number of aromatic nitrogens is 1. The number of aryl methyl sites for hydroxylation is 1. The third-order valence-electron chi connectivity index (χ3n) is 5.51. The van der Waals surface area contributed by atoms with Crippen molar-refractivity contribution in [2.45, 2.75) is 46.6 Å². The van der Waals surface area contributed by atoms with Gasteiger partial charge >= 0.3 is 5.97 Å². The largest absolute Gasteiger partial charge is 0.461 e. The lowest BCUT2D eigenvalue weighted by Gasteiger charge is -2.29. The third-order valence-corrected chi connectivity index (χ3v) is 5.51. The van der Waals surface area contributed by atoms with Crippen molar-refractivity contribution >= 4 is 17.7 Å². The lowest BCUT2D eigenvalue weighted by atomic mass is 9.99. The molecule has 6 nitrogen and oxygen atoms in total. The third kappa shape index (κ3) is 4.45. The first kappa shape index (κ1) is 21.7. The number of nitrogens with one attached hydrogen (secondary N) is 1. The number of H-pyrrole nitrogens is 1. The number of amides is 1. The minimum absolute atomic E-state index is 0.233. The van der Waals surface area contributed by atoms with Gasteiger partial charge in [-0.2, -0.15) is 0 Å². The van der Waals surface area contributed by atoms with Gasteiger partial charge in [0, 0.05) is 23.4 Å². The molecule has 1 atom stereocenters. The summed E-state index contributed by atoms with van der Waals surface area (Å²) in [4.78, 5) is 43.2. The molecular weight excluding hydrogens is 387 g/mol. The molecule has 3 rings (SSSR count). The Balaban J connectivity index is 1.90. The fourth-order valence-corrected chi connectivity index (χ4v) is 3.63. The molecule has 2 aromatic rings. The predicted octanol–water partition coefficient (Wildman–Crippen LogP) is 4.07. The van der Waals surface area contributed by atoms with Gasteiger partial charge in [-0.25, -0.2) is 9.18 Å². The minimum Gasteiger partial charge on any atom is -0.461 e. The van der Waals surface area contributed by atoms with Crippen molar-refractivity contribution < 1.29 is 23.5 Å². The van der Waals surface area contributed by atoms with Crippen LogP contribution in [0, 0.1) is 25.6 Å². The second-order valence-electron chi connectivity index (χ2n) is 7.79. The van der Waals surface area contributed by atoms with E-state index in [0.29, 0.717) is 34.8 Å². The SMILES string of the molecule is CCOC(=O)c1[nH]c(C)c(C(=O)[C@@H](C)N(CC2CC2)C(=O)c2ccc(F)cc2)c1C. The number of Topliss-reactive ketones (excluding diaryl/α,β-unsaturated/α-hetero) is 1. The standard InChI is InChI=1S/C23H27FN2O4/c1-5-30-23(29)20-13(2)19(14(3)25-20)21(27)15(4)26(12-16-6-7-16)22(28)17-8-10-18(24)11-9-17/h8-11,15-16,25H,5-7,12H2,1-4H3/t15-/m1/s1. The Labute approximate surface area is 175 Å². The normalized spacial score (nSPS) is 14.3. The molecule has 0 unspecified atom stereocenters. The molecular formula is C23H27FN2O4. The number of carbonyl (C=O) groups is 3. The molecule has 7 heteroatoms. The van der Waals surface area contributed by atoms with Crippen LogP contribution in [0.4, 0.5) is 4.39 Å². The minimum atomic E-state index is -0.730. The van der Waals surface area contributed by atoms with Crippen molar-refractivity contribution in [3.05, 3.63) is 58.2 Å². The average molecular weight is 414 g/mol. The topological polar surface area (TPSA) is 79.5 Å². The van der Waals surface area contributed by atoms with E-state index < -0.39 is 17.8 Å². The summed E-state index contributed by atoms with van der Waals surface area (Å²) in [5.41, 5.74) is 2.07. The van der Waals surface area contributed by atoms with Crippen LogP contribution in [0.3, 0.4) is 0 Å². The van der Waals surface area contributed by atoms with E-state index in [9.17, 15) is 18.8 Å². The lowest BCUT2D eigenvalue weighted by molar-refractivity contribution is 0.0518. The van der Waals surface area contributed by atoms with Gasteiger partial charge in [-0.3, -0.25) is 9.59 Å². The summed E-state index contributed by atoms with van der Waals surface area (Å²) in [7, 11) is 0. The number of halogens is 1. The molecule has 0 radical (unpaired) electrons. The van der Waals surface area contributed by atoms with Gasteiger partial charge in [0.25, 0.3) is 5.91 Å². The molecule has 1 saturated carbocycles. The zero-order valence-electron chi connectivity index (χ0n) is 17.8. The number of carbonyl (C=O) groups excluding carboxylic acids is 3. The average Bonchev–Trinajstić information content (AvgIpc) is 3.49. The van der Waals surface area contributed by atoms with E-state index in [2.05, 4.69) is 4.98 Å². The fraction of sp³-hybridized carbons (Fsp3) is 0.435. The summed E-state index contributed by atoms with van der Waals surface area (Å²) in [5.74, 6) is -1.11. The summed E-state index contributed by atoms with van der Waals surface area (Å²) < 4.78 is 18.3. The Morgan fingerprint density at radius 1 is 1.20 bits per heavy atom. The van der Waals surface area contributed by atoms with Crippen LogP contribution in [0.5, 0.6) is 0 Å². The second-order valence-corrected chi connectivity index (χ2v) is 7.79. The van der Waals surface area contributed by atoms with Gasteiger partial charge in [0.05, 0.1) is 12.6 Å². The number of rotatable bonds is 8. The number of ether oxygens (including phenoxy) is 1. The van der Waals surface area contributed by atoms with E-state index in [-0.39, 0.29) is 24.0 Å². The number of aromatic amines is 1. The molecule has 1 aliphatic carbocycles. The van der Waals surface area contributed by atoms with Crippen molar-refractivity contribution in [3.8, 4) is 0 Å². The van der Waals surface area contributed by atoms with Crippen LogP contribution in [-0.2, 0) is 4.74 Å². The van der Waals surface area contributed by atoms with Gasteiger partial charge in [0.1, 0.15) is 11.5 Å². The smallest absolute Gasteiger partial charge is 0.355 e. The molecule has 1 N–H and O–H groups in total. The van der Waals surface area contributed by atoms with Gasteiger partial charge in [-0.1, -0.05) is 0 Å². The van der Waals surface area contributed by atoms with Gasteiger partial charge in [0.15, 0.2) is 5.78 Å². The Hall–Kier alpha value is -2.96. The number of nitrogens with zero attached hydrogens (tertiary/aromatic N) is 1. The van der Waals surface area contributed by atoms with E-state index in [1.807, 2.05) is 0 Å². The molecule has 0 bridgehead atoms. The molecule has 1 fully saturated rings. The maximum absolute atomic E-state index is 13.4. The number of hydrogen-bond acceptors (Lipinski definition) is 4. The van der Waals surface area contributed by atoms with Crippen LogP contribution in [-0.4, -0.2) is 46.7 Å². The first-order valence-electron chi connectivity index (χ1n) is 10.2. The number of esters is 1. The monoisotopic (exact) mass is 414 g/mol. The van der Waals surface area contributed by atoms with Crippen LogP contribution in [0.15, 0.2) is 24.3 Å². The molecule has 1 aliphatic rings. The quantitative estimate of drug-likeness (QED) is 0.522. The summed E-state index contributed by atoms with van der Waals surface area (Å²) in [6.45, 7) is 7.54. The molecule has 0 spiro atoms. The second kappa shape index (κ2) is 8.81. The number of ketones is 1. The van der Waals surface area contributed by atoms with Crippen LogP contribution >= 0.6 is 0 Å². The van der Waals surface area contributed by atoms with Crippen LogP contribution in [0.1, 0.15) is 69.2 Å². The lowest BCUT2D eigenvalue weighted by Crippen LogP contribution is -2.44. The Kier molecular flexibility index (Phi) is 6.39. The molecule has 0 saturated heterocycles. The highest BCUT2D eigenvalue weighted by molar-refractivity contribution is 6.07. The Morgan fingerprint density at radius 2 is 1.83 bits per heavy atom. The van der Waals surface area contributed by atoms with Crippen LogP contribution < -0.4 is 0 Å². The predicted molar refractivity (Wildman–Crippen MR) is 110 cm³/mol. The molecule has 1 aromatic heterocycles. The van der Waals surface area contributed by atoms with Crippen LogP contribution in [0.25, 0.3) is 0 Å². The van der Waals surface area contributed by atoms with E-state index in [1.165, 1.54) is 24.3 Å². The van der Waals surface area contributed by atoms with Crippen molar-refractivity contribution in [3.63, 3.8) is 0 Å². The van der Waals surface area contributed by atoms with Crippen molar-refractivity contribution in [1.29, 1.82) is 0 Å². The highest BCUT2D eigenvalue weighted by Gasteiger charge is 2.35. The molecule has 1 heterocycles. The summed E-state index contributed by atoms with van der Waals surface area (Å²) in [5, 5.41) is 0. The molecule has 0 aliphatic heterocycles. The Morgan fingerprint density at radius 3 is 2.40 bits per heavy atom. The fourth-order valence-electron chi connectivity index (χ4n) is 3.63. The van der Waals surface area contributed by atoms with Gasteiger partial charge in [-0.15, -0.1) is 0 Å². The summed E-state index contributed by atoms with van der Waals surface area (Å²) in [6.07, 6.45) is 2.03. The Bertz CT molecular complexity index is 960. The van der Waals surface area contributed by atoms with E-state index in [0.717, 1.165) is 12.8 Å². The maximum Gasteiger partial charge on any atom is 0.355 e. The zero-order valence-corrected chi connectivity index (χ0v) is 17.8. The van der Waals surface area contributed by atoms with Gasteiger partial charge in [0.2, 0.25) is 0 Å². The van der Waals surface area contributed by atoms with Crippen molar-refractivity contribution in [1.82, 2.24) is 9.88 Å². The molecule has 1 amide bonds. The first-order chi connectivity index (χ1) is 14.2. The van der Waals surface area contributed by atoms with E-state index in [1.54, 1.807) is 32.6 Å². The highest BCUT2D eigenvalue weighted by atomic mass is 19.1. The first-order valence-corrected chi connectivity index (χ1v) is 10.2. The molecule has 160 valence electrons. The van der Waals surface area contributed by atoms with E-state index in [4.69, 9.17) is 4.74 Å². The number of hydrogen-bond donors (Lipinski definition) is 1. The summed E-state index contributed by atoms with van der Waals surface area (Å²) in [6, 6.07) is 4.61. The molecule has 30 heavy (non-hydrogen) atoms. The van der Waals surface area contributed by atoms with Crippen molar-refractivity contribution in [2.75, 3.05) is 13.2 Å². The maximum atomic E-state index is 13.4. The highest BCUT2D eigenvalue weighted by Crippen LogP contribution is 2.32. The van der Waals surface area contributed by atoms with Crippen molar-refractivity contribution in [2.24, 2.45) is 5.92 Å². The number of benzene rings is 1. The van der Waals surface area contributed by atoms with Crippen LogP contribution in [0.2, 0.25) is 0 Å². The van der Waals surface area contributed by atoms with Gasteiger partial charge in [-0.05, 0) is 76.3 Å². The summed E-state index contributed by atoms with van der Waals surface area (Å²) >= 11 is 0. The van der Waals surface area contributed by atoms with Gasteiger partial charge < -0.3 is 14.6 Å². The zero-order chi connectivity index (χ0) is 22.0. The molecule has 1 aromatic carbocycles. The van der Waals surface area contributed by atoms with E-state index >= 15 is 0 Å².